The summed E-state index contributed by atoms with van der Waals surface area (Å²) in [6.07, 6.45) is 4.43. The first-order valence-electron chi connectivity index (χ1n) is 9.05. The molecule has 0 bridgehead atoms. The molecule has 2 aromatic rings. The molecule has 0 aliphatic carbocycles. The lowest BCUT2D eigenvalue weighted by atomic mass is 10.3. The summed E-state index contributed by atoms with van der Waals surface area (Å²) in [5.41, 5.74) is 0. The summed E-state index contributed by atoms with van der Waals surface area (Å²) in [5, 5.41) is 7.84. The van der Waals surface area contributed by atoms with Crippen LogP contribution in [0.3, 0.4) is 0 Å². The Labute approximate surface area is 158 Å². The summed E-state index contributed by atoms with van der Waals surface area (Å²) in [6.45, 7) is 8.91. The van der Waals surface area contributed by atoms with Gasteiger partial charge in [0.25, 0.3) is 0 Å². The van der Waals surface area contributed by atoms with E-state index in [-0.39, 0.29) is 0 Å². The average molecular weight is 378 g/mol. The van der Waals surface area contributed by atoms with Gasteiger partial charge in [-0.2, -0.15) is 0 Å². The number of aromatic nitrogens is 1. The molecule has 1 fully saturated rings. The largest absolute Gasteiger partial charge is 0.469 e. The lowest BCUT2D eigenvalue weighted by molar-refractivity contribution is 0.0389. The molecule has 142 valence electrons. The number of thiazole rings is 1. The number of furan rings is 1. The van der Waals surface area contributed by atoms with Gasteiger partial charge in [0.1, 0.15) is 10.8 Å². The fraction of sp³-hybridized carbons (Fsp3) is 0.556. The van der Waals surface area contributed by atoms with E-state index in [1.807, 2.05) is 18.3 Å². The third-order valence-electron chi connectivity index (χ3n) is 4.11. The van der Waals surface area contributed by atoms with Crippen molar-refractivity contribution >= 4 is 17.3 Å². The second kappa shape index (κ2) is 10.3. The number of nitrogens with zero attached hydrogens (tertiary/aromatic N) is 3. The Morgan fingerprint density at radius 1 is 1.31 bits per heavy atom. The Bertz CT molecular complexity index is 665. The zero-order valence-corrected chi connectivity index (χ0v) is 16.1. The molecule has 0 saturated carbocycles. The minimum atomic E-state index is 0.589. The van der Waals surface area contributed by atoms with E-state index in [4.69, 9.17) is 9.15 Å². The number of aryl methyl sites for hydroxylation is 1. The summed E-state index contributed by atoms with van der Waals surface area (Å²) >= 11 is 1.69. The second-order valence-electron chi connectivity index (χ2n) is 6.17. The Morgan fingerprint density at radius 3 is 2.88 bits per heavy atom. The van der Waals surface area contributed by atoms with Gasteiger partial charge >= 0.3 is 0 Å². The summed E-state index contributed by atoms with van der Waals surface area (Å²) < 4.78 is 10.8. The van der Waals surface area contributed by atoms with E-state index < -0.39 is 0 Å². The fourth-order valence-electron chi connectivity index (χ4n) is 2.71. The molecule has 3 heterocycles. The van der Waals surface area contributed by atoms with Crippen molar-refractivity contribution < 1.29 is 9.15 Å². The van der Waals surface area contributed by atoms with E-state index in [1.165, 1.54) is 4.88 Å². The van der Waals surface area contributed by atoms with E-state index in [0.717, 1.165) is 69.1 Å². The van der Waals surface area contributed by atoms with E-state index in [2.05, 4.69) is 32.4 Å². The van der Waals surface area contributed by atoms with Crippen LogP contribution in [0.2, 0.25) is 0 Å². The molecule has 1 aliphatic heterocycles. The Hall–Kier alpha value is -1.90. The van der Waals surface area contributed by atoms with Crippen molar-refractivity contribution in [2.24, 2.45) is 4.99 Å². The van der Waals surface area contributed by atoms with Crippen molar-refractivity contribution in [2.75, 3.05) is 45.9 Å². The molecule has 1 aliphatic rings. The highest BCUT2D eigenvalue weighted by molar-refractivity contribution is 7.11. The maximum absolute atomic E-state index is 5.39. The predicted molar refractivity (Wildman–Crippen MR) is 104 cm³/mol. The average Bonchev–Trinajstić information content (AvgIpc) is 3.32. The minimum Gasteiger partial charge on any atom is -0.469 e. The van der Waals surface area contributed by atoms with Crippen molar-refractivity contribution in [1.29, 1.82) is 0 Å². The van der Waals surface area contributed by atoms with Crippen molar-refractivity contribution in [3.05, 3.63) is 40.2 Å². The molecule has 26 heavy (non-hydrogen) atoms. The Kier molecular flexibility index (Phi) is 7.48. The molecule has 0 amide bonds. The van der Waals surface area contributed by atoms with E-state index in [9.17, 15) is 0 Å². The van der Waals surface area contributed by atoms with E-state index >= 15 is 0 Å². The van der Waals surface area contributed by atoms with Gasteiger partial charge in [0, 0.05) is 50.2 Å². The number of ether oxygens (including phenoxy) is 1. The van der Waals surface area contributed by atoms with Crippen molar-refractivity contribution in [3.8, 4) is 0 Å². The van der Waals surface area contributed by atoms with Gasteiger partial charge in [-0.25, -0.2) is 9.98 Å². The number of morpholine rings is 1. The van der Waals surface area contributed by atoms with Crippen molar-refractivity contribution in [2.45, 2.75) is 19.9 Å². The zero-order valence-electron chi connectivity index (χ0n) is 15.2. The SMILES string of the molecule is Cc1cnc(CN=C(NCCc2ccco2)NCCN2CCOCC2)s1. The van der Waals surface area contributed by atoms with Gasteiger partial charge in [-0.3, -0.25) is 4.90 Å². The topological polar surface area (TPSA) is 74.9 Å². The van der Waals surface area contributed by atoms with Crippen LogP contribution in [0.25, 0.3) is 0 Å². The molecule has 0 atom stereocenters. The fourth-order valence-corrected chi connectivity index (χ4v) is 3.42. The summed E-state index contributed by atoms with van der Waals surface area (Å²) in [4.78, 5) is 12.7. The maximum Gasteiger partial charge on any atom is 0.191 e. The summed E-state index contributed by atoms with van der Waals surface area (Å²) in [6, 6.07) is 3.90. The minimum absolute atomic E-state index is 0.589. The number of nitrogens with one attached hydrogen (secondary N) is 2. The van der Waals surface area contributed by atoms with Crippen LogP contribution in [0, 0.1) is 6.92 Å². The van der Waals surface area contributed by atoms with E-state index in [0.29, 0.717) is 6.54 Å². The van der Waals surface area contributed by atoms with Crippen molar-refractivity contribution in [3.63, 3.8) is 0 Å². The van der Waals surface area contributed by atoms with Gasteiger partial charge in [-0.15, -0.1) is 11.3 Å². The van der Waals surface area contributed by atoms with Gasteiger partial charge in [0.15, 0.2) is 5.96 Å². The molecule has 8 heteroatoms. The maximum atomic E-state index is 5.39. The van der Waals surface area contributed by atoms with Gasteiger partial charge in [0.2, 0.25) is 0 Å². The van der Waals surface area contributed by atoms with Crippen LogP contribution in [0.15, 0.2) is 34.0 Å². The van der Waals surface area contributed by atoms with E-state index in [1.54, 1.807) is 17.6 Å². The van der Waals surface area contributed by atoms with Gasteiger partial charge in [0.05, 0.1) is 26.0 Å². The number of aliphatic imine (C=N–C) groups is 1. The highest BCUT2D eigenvalue weighted by Crippen LogP contribution is 2.11. The number of hydrogen-bond donors (Lipinski definition) is 2. The van der Waals surface area contributed by atoms with Gasteiger partial charge in [-0.05, 0) is 19.1 Å². The standard InChI is InChI=1S/C18H27N5O2S/c1-15-13-21-17(26-15)14-22-18(19-5-4-16-3-2-10-25-16)20-6-7-23-8-11-24-12-9-23/h2-3,10,13H,4-9,11-12,14H2,1H3,(H2,19,20,22). The van der Waals surface area contributed by atoms with Gasteiger partial charge in [-0.1, -0.05) is 0 Å². The summed E-state index contributed by atoms with van der Waals surface area (Å²) in [5.74, 6) is 1.79. The van der Waals surface area contributed by atoms with Crippen molar-refractivity contribution in [1.82, 2.24) is 20.5 Å². The molecule has 0 unspecified atom stereocenters. The molecule has 0 spiro atoms. The van der Waals surface area contributed by atoms with Crippen LogP contribution in [0.5, 0.6) is 0 Å². The molecule has 1 saturated heterocycles. The van der Waals surface area contributed by atoms with Crippen LogP contribution in [0.4, 0.5) is 0 Å². The number of hydrogen-bond acceptors (Lipinski definition) is 6. The van der Waals surface area contributed by atoms with Crippen LogP contribution in [0.1, 0.15) is 15.6 Å². The van der Waals surface area contributed by atoms with Crippen LogP contribution in [-0.4, -0.2) is 61.8 Å². The van der Waals surface area contributed by atoms with Crippen LogP contribution < -0.4 is 10.6 Å². The summed E-state index contributed by atoms with van der Waals surface area (Å²) in [7, 11) is 0. The normalized spacial score (nSPS) is 16.0. The molecule has 0 radical (unpaired) electrons. The van der Waals surface area contributed by atoms with Crippen LogP contribution in [-0.2, 0) is 17.7 Å². The predicted octanol–water partition coefficient (Wildman–Crippen LogP) is 1.65. The Balaban J connectivity index is 1.47. The molecule has 2 aromatic heterocycles. The lowest BCUT2D eigenvalue weighted by Gasteiger charge is -2.26. The first-order valence-corrected chi connectivity index (χ1v) is 9.87. The second-order valence-corrected chi connectivity index (χ2v) is 7.49. The smallest absolute Gasteiger partial charge is 0.191 e. The molecular weight excluding hydrogens is 350 g/mol. The monoisotopic (exact) mass is 377 g/mol. The Morgan fingerprint density at radius 2 is 2.15 bits per heavy atom. The molecule has 3 rings (SSSR count). The molecule has 0 aromatic carbocycles. The first kappa shape index (κ1) is 18.9. The zero-order chi connectivity index (χ0) is 18.0. The number of guanidine groups is 1. The quantitative estimate of drug-likeness (QED) is 0.538. The highest BCUT2D eigenvalue weighted by Gasteiger charge is 2.10. The molecule has 2 N–H and O–H groups in total. The highest BCUT2D eigenvalue weighted by atomic mass is 32.1. The first-order chi connectivity index (χ1) is 12.8. The van der Waals surface area contributed by atoms with Gasteiger partial charge < -0.3 is 19.8 Å². The third-order valence-corrected chi connectivity index (χ3v) is 5.01. The van der Waals surface area contributed by atoms with Crippen LogP contribution >= 0.6 is 11.3 Å². The molecular formula is C18H27N5O2S. The lowest BCUT2D eigenvalue weighted by Crippen LogP contribution is -2.44. The number of rotatable bonds is 8. The molecule has 7 nitrogen and oxygen atoms in total. The third kappa shape index (κ3) is 6.44.